The van der Waals surface area contributed by atoms with Crippen molar-refractivity contribution in [2.45, 2.75) is 26.3 Å². The maximum atomic E-state index is 11.8. The number of hydrogen-bond acceptors (Lipinski definition) is 2. The summed E-state index contributed by atoms with van der Waals surface area (Å²) in [5.41, 5.74) is 0.980. The number of nitrogens with one attached hydrogen (secondary N) is 2. The van der Waals surface area contributed by atoms with Crippen LogP contribution in [0.4, 0.5) is 5.69 Å². The molecule has 1 aromatic carbocycles. The Labute approximate surface area is 115 Å². The molecule has 18 heavy (non-hydrogen) atoms. The normalized spacial score (nSPS) is 10.9. The molecule has 5 heteroatoms. The van der Waals surface area contributed by atoms with Crippen molar-refractivity contribution in [3.63, 3.8) is 0 Å². The number of halogens is 1. The van der Waals surface area contributed by atoms with Crippen LogP contribution in [0.1, 0.15) is 31.1 Å². The first kappa shape index (κ1) is 14.7. The molecule has 0 saturated heterocycles. The van der Waals surface area contributed by atoms with E-state index in [1.807, 2.05) is 20.8 Å². The molecular formula is C13H17BrN2O2. The molecule has 2 N–H and O–H groups in total. The second-order valence-corrected chi connectivity index (χ2v) is 5.52. The Morgan fingerprint density at radius 2 is 1.72 bits per heavy atom. The SMILES string of the molecule is CC(C)(C)NC(=O)c1ccc(NC(=O)CBr)cc1. The Hall–Kier alpha value is -1.36. The van der Waals surface area contributed by atoms with Gasteiger partial charge in [-0.3, -0.25) is 9.59 Å². The number of anilines is 1. The van der Waals surface area contributed by atoms with Crippen molar-refractivity contribution in [1.29, 1.82) is 0 Å². The van der Waals surface area contributed by atoms with Gasteiger partial charge in [0.05, 0.1) is 5.33 Å². The molecule has 0 aliphatic heterocycles. The third-order valence-corrected chi connectivity index (χ3v) is 2.55. The van der Waals surface area contributed by atoms with Crippen LogP contribution >= 0.6 is 15.9 Å². The molecule has 0 spiro atoms. The average molecular weight is 313 g/mol. The van der Waals surface area contributed by atoms with E-state index in [2.05, 4.69) is 26.6 Å². The van der Waals surface area contributed by atoms with Gasteiger partial charge in [-0.1, -0.05) is 15.9 Å². The van der Waals surface area contributed by atoms with Crippen molar-refractivity contribution in [3.8, 4) is 0 Å². The highest BCUT2D eigenvalue weighted by molar-refractivity contribution is 9.09. The van der Waals surface area contributed by atoms with E-state index in [1.54, 1.807) is 24.3 Å². The van der Waals surface area contributed by atoms with Crippen LogP contribution in [-0.4, -0.2) is 22.7 Å². The smallest absolute Gasteiger partial charge is 0.251 e. The van der Waals surface area contributed by atoms with Crippen molar-refractivity contribution in [2.24, 2.45) is 0 Å². The summed E-state index contributed by atoms with van der Waals surface area (Å²) in [4.78, 5) is 23.0. The maximum absolute atomic E-state index is 11.8. The highest BCUT2D eigenvalue weighted by Gasteiger charge is 2.14. The Morgan fingerprint density at radius 1 is 1.17 bits per heavy atom. The molecule has 0 aliphatic rings. The average Bonchev–Trinajstić information content (AvgIpc) is 2.27. The van der Waals surface area contributed by atoms with Crippen LogP contribution in [-0.2, 0) is 4.79 Å². The number of amides is 2. The summed E-state index contributed by atoms with van der Waals surface area (Å²) in [6.07, 6.45) is 0. The van der Waals surface area contributed by atoms with Gasteiger partial charge in [0.25, 0.3) is 5.91 Å². The minimum absolute atomic E-state index is 0.123. The molecule has 0 heterocycles. The van der Waals surface area contributed by atoms with Gasteiger partial charge in [-0.15, -0.1) is 0 Å². The van der Waals surface area contributed by atoms with Crippen LogP contribution in [0.2, 0.25) is 0 Å². The molecular weight excluding hydrogens is 296 g/mol. The van der Waals surface area contributed by atoms with Crippen LogP contribution in [0, 0.1) is 0 Å². The summed E-state index contributed by atoms with van der Waals surface area (Å²) in [5, 5.41) is 5.81. The van der Waals surface area contributed by atoms with Gasteiger partial charge < -0.3 is 10.6 Å². The van der Waals surface area contributed by atoms with E-state index in [-0.39, 0.29) is 22.7 Å². The van der Waals surface area contributed by atoms with Crippen LogP contribution in [0.3, 0.4) is 0 Å². The van der Waals surface area contributed by atoms with Crippen LogP contribution < -0.4 is 10.6 Å². The van der Waals surface area contributed by atoms with Gasteiger partial charge in [-0.25, -0.2) is 0 Å². The fraction of sp³-hybridized carbons (Fsp3) is 0.385. The summed E-state index contributed by atoms with van der Waals surface area (Å²) < 4.78 is 0. The number of rotatable bonds is 3. The second kappa shape index (κ2) is 6.00. The fourth-order valence-electron chi connectivity index (χ4n) is 1.31. The van der Waals surface area contributed by atoms with E-state index in [1.165, 1.54) is 0 Å². The van der Waals surface area contributed by atoms with E-state index < -0.39 is 0 Å². The predicted octanol–water partition coefficient (Wildman–Crippen LogP) is 2.55. The van der Waals surface area contributed by atoms with Gasteiger partial charge >= 0.3 is 0 Å². The highest BCUT2D eigenvalue weighted by atomic mass is 79.9. The molecule has 0 aliphatic carbocycles. The molecule has 98 valence electrons. The van der Waals surface area contributed by atoms with E-state index >= 15 is 0 Å². The fourth-order valence-corrected chi connectivity index (χ4v) is 1.45. The van der Waals surface area contributed by atoms with Crippen molar-refractivity contribution >= 4 is 33.4 Å². The first-order valence-corrected chi connectivity index (χ1v) is 6.72. The molecule has 0 unspecified atom stereocenters. The lowest BCUT2D eigenvalue weighted by atomic mass is 10.1. The largest absolute Gasteiger partial charge is 0.347 e. The molecule has 0 fully saturated rings. The number of alkyl halides is 1. The molecule has 0 radical (unpaired) electrons. The molecule has 1 aromatic rings. The Bertz CT molecular complexity index is 435. The topological polar surface area (TPSA) is 58.2 Å². The van der Waals surface area contributed by atoms with Crippen molar-refractivity contribution in [2.75, 3.05) is 10.6 Å². The summed E-state index contributed by atoms with van der Waals surface area (Å²) in [5.74, 6) is -0.247. The van der Waals surface area contributed by atoms with Crippen molar-refractivity contribution in [3.05, 3.63) is 29.8 Å². The molecule has 4 nitrogen and oxygen atoms in total. The zero-order valence-corrected chi connectivity index (χ0v) is 12.3. The molecule has 0 bridgehead atoms. The minimum atomic E-state index is -0.264. The highest BCUT2D eigenvalue weighted by Crippen LogP contribution is 2.11. The minimum Gasteiger partial charge on any atom is -0.347 e. The Balaban J connectivity index is 2.71. The summed E-state index contributed by atoms with van der Waals surface area (Å²) in [7, 11) is 0. The van der Waals surface area contributed by atoms with E-state index in [0.29, 0.717) is 11.3 Å². The summed E-state index contributed by atoms with van der Waals surface area (Å²) in [6, 6.07) is 6.78. The number of carbonyl (C=O) groups is 2. The lowest BCUT2D eigenvalue weighted by molar-refractivity contribution is -0.113. The second-order valence-electron chi connectivity index (χ2n) is 4.96. The van der Waals surface area contributed by atoms with Gasteiger partial charge in [0.1, 0.15) is 0 Å². The van der Waals surface area contributed by atoms with Gasteiger partial charge in [0.15, 0.2) is 0 Å². The summed E-state index contributed by atoms with van der Waals surface area (Å²) in [6.45, 7) is 5.78. The number of carbonyl (C=O) groups excluding carboxylic acids is 2. The molecule has 0 aromatic heterocycles. The first-order chi connectivity index (χ1) is 8.31. The lowest BCUT2D eigenvalue weighted by Gasteiger charge is -2.20. The monoisotopic (exact) mass is 312 g/mol. The third-order valence-electron chi connectivity index (χ3n) is 2.04. The number of hydrogen-bond donors (Lipinski definition) is 2. The van der Waals surface area contributed by atoms with Crippen LogP contribution in [0.15, 0.2) is 24.3 Å². The summed E-state index contributed by atoms with van der Waals surface area (Å²) >= 11 is 3.07. The van der Waals surface area contributed by atoms with Crippen LogP contribution in [0.25, 0.3) is 0 Å². The first-order valence-electron chi connectivity index (χ1n) is 5.60. The van der Waals surface area contributed by atoms with Gasteiger partial charge in [-0.2, -0.15) is 0 Å². The van der Waals surface area contributed by atoms with E-state index in [0.717, 1.165) is 0 Å². The lowest BCUT2D eigenvalue weighted by Crippen LogP contribution is -2.40. The Kier molecular flexibility index (Phi) is 4.90. The van der Waals surface area contributed by atoms with Gasteiger partial charge in [-0.05, 0) is 45.0 Å². The quantitative estimate of drug-likeness (QED) is 0.843. The standard InChI is InChI=1S/C13H17BrN2O2/c1-13(2,3)16-12(18)9-4-6-10(7-5-9)15-11(17)8-14/h4-7H,8H2,1-3H3,(H,15,17)(H,16,18). The van der Waals surface area contributed by atoms with Crippen LogP contribution in [0.5, 0.6) is 0 Å². The molecule has 0 atom stereocenters. The van der Waals surface area contributed by atoms with Gasteiger partial charge in [0, 0.05) is 16.8 Å². The van der Waals surface area contributed by atoms with E-state index in [9.17, 15) is 9.59 Å². The molecule has 0 saturated carbocycles. The third kappa shape index (κ3) is 4.87. The molecule has 2 amide bonds. The van der Waals surface area contributed by atoms with Crippen molar-refractivity contribution in [1.82, 2.24) is 5.32 Å². The zero-order chi connectivity index (χ0) is 13.8. The number of benzene rings is 1. The van der Waals surface area contributed by atoms with Gasteiger partial charge in [0.2, 0.25) is 5.91 Å². The van der Waals surface area contributed by atoms with E-state index in [4.69, 9.17) is 0 Å². The zero-order valence-electron chi connectivity index (χ0n) is 10.7. The predicted molar refractivity (Wildman–Crippen MR) is 76.1 cm³/mol. The molecule has 1 rings (SSSR count). The Morgan fingerprint density at radius 3 is 2.17 bits per heavy atom. The van der Waals surface area contributed by atoms with Crippen molar-refractivity contribution < 1.29 is 9.59 Å². The maximum Gasteiger partial charge on any atom is 0.251 e.